The number of hydrogen-bond acceptors (Lipinski definition) is 3. The smallest absolute Gasteiger partial charge is 0.138 e. The van der Waals surface area contributed by atoms with E-state index in [1.54, 1.807) is 0 Å². The Bertz CT molecular complexity index is 205. The Kier molecular flexibility index (Phi) is 2.17. The zero-order valence-corrected chi connectivity index (χ0v) is 8.15. The summed E-state index contributed by atoms with van der Waals surface area (Å²) in [5, 5.41) is 0.502. The largest absolute Gasteiger partial charge is 0.373 e. The van der Waals surface area contributed by atoms with Gasteiger partial charge in [-0.2, -0.15) is 11.8 Å². The van der Waals surface area contributed by atoms with E-state index in [2.05, 4.69) is 6.92 Å². The lowest BCUT2D eigenvalue weighted by Gasteiger charge is -2.35. The zero-order valence-electron chi connectivity index (χ0n) is 7.34. The number of thioether (sulfide) groups is 1. The van der Waals surface area contributed by atoms with Crippen molar-refractivity contribution in [1.29, 1.82) is 0 Å². The fraction of sp³-hybridized carbons (Fsp3) is 0.889. The third-order valence-corrected chi connectivity index (χ3v) is 4.27. The lowest BCUT2D eigenvalue weighted by Crippen LogP contribution is -2.44. The van der Waals surface area contributed by atoms with Crippen LogP contribution >= 0.6 is 11.8 Å². The summed E-state index contributed by atoms with van der Waals surface area (Å²) in [5.74, 6) is 1.53. The molecule has 2 rings (SSSR count). The highest BCUT2D eigenvalue weighted by molar-refractivity contribution is 8.00. The van der Waals surface area contributed by atoms with Crippen molar-refractivity contribution in [2.75, 3.05) is 12.4 Å². The van der Waals surface area contributed by atoms with Crippen molar-refractivity contribution in [1.82, 2.24) is 0 Å². The lowest BCUT2D eigenvalue weighted by atomic mass is 9.88. The van der Waals surface area contributed by atoms with Gasteiger partial charge >= 0.3 is 0 Å². The minimum absolute atomic E-state index is 0.0833. The van der Waals surface area contributed by atoms with Crippen LogP contribution in [0.25, 0.3) is 0 Å². The number of rotatable bonds is 0. The molecular weight excluding hydrogens is 172 g/mol. The minimum Gasteiger partial charge on any atom is -0.373 e. The molecule has 2 atom stereocenters. The van der Waals surface area contributed by atoms with Crippen LogP contribution in [0.2, 0.25) is 0 Å². The number of hydrogen-bond donors (Lipinski definition) is 0. The van der Waals surface area contributed by atoms with Gasteiger partial charge in [0.15, 0.2) is 0 Å². The van der Waals surface area contributed by atoms with Crippen LogP contribution in [-0.2, 0) is 9.53 Å². The first kappa shape index (κ1) is 8.57. The van der Waals surface area contributed by atoms with Crippen molar-refractivity contribution >= 4 is 17.5 Å². The van der Waals surface area contributed by atoms with Crippen molar-refractivity contribution in [3.05, 3.63) is 0 Å². The maximum absolute atomic E-state index is 11.3. The van der Waals surface area contributed by atoms with Crippen LogP contribution in [0, 0.1) is 0 Å². The maximum Gasteiger partial charge on any atom is 0.138 e. The monoisotopic (exact) mass is 186 g/mol. The second-order valence-corrected chi connectivity index (χ2v) is 5.09. The topological polar surface area (TPSA) is 26.3 Å². The minimum atomic E-state index is -0.0833. The zero-order chi connectivity index (χ0) is 8.60. The van der Waals surface area contributed by atoms with Gasteiger partial charge in [0, 0.05) is 18.1 Å². The highest BCUT2D eigenvalue weighted by Crippen LogP contribution is 2.42. The predicted molar refractivity (Wildman–Crippen MR) is 49.5 cm³/mol. The molecule has 0 bridgehead atoms. The highest BCUT2D eigenvalue weighted by Gasteiger charge is 2.45. The average molecular weight is 186 g/mol. The predicted octanol–water partition coefficient (Wildman–Crippen LogP) is 1.63. The summed E-state index contributed by atoms with van der Waals surface area (Å²) in [6.07, 6.45) is 2.34. The Hall–Kier alpha value is -0.0200. The van der Waals surface area contributed by atoms with Gasteiger partial charge in [-0.25, -0.2) is 0 Å². The third kappa shape index (κ3) is 1.29. The van der Waals surface area contributed by atoms with Gasteiger partial charge in [-0.1, -0.05) is 6.92 Å². The van der Waals surface area contributed by atoms with Gasteiger partial charge in [-0.15, -0.1) is 0 Å². The van der Waals surface area contributed by atoms with Crippen molar-refractivity contribution in [2.45, 2.75) is 37.0 Å². The molecule has 2 nitrogen and oxygen atoms in total. The molecule has 0 aromatic carbocycles. The molecule has 0 amide bonds. The second kappa shape index (κ2) is 3.04. The van der Waals surface area contributed by atoms with Gasteiger partial charge in [0.05, 0.1) is 12.2 Å². The number of ether oxygens (including phenoxy) is 1. The summed E-state index contributed by atoms with van der Waals surface area (Å²) < 4.78 is 5.77. The highest BCUT2D eigenvalue weighted by atomic mass is 32.2. The number of carbonyl (C=O) groups is 1. The van der Waals surface area contributed by atoms with E-state index < -0.39 is 0 Å². The molecule has 0 radical (unpaired) electrons. The SMILES string of the molecule is CC1SCCC12CC(=O)CCO2. The molecule has 2 unspecified atom stereocenters. The molecule has 3 heteroatoms. The summed E-state index contributed by atoms with van der Waals surface area (Å²) in [5.41, 5.74) is -0.0833. The van der Waals surface area contributed by atoms with Gasteiger partial charge in [-0.3, -0.25) is 4.79 Å². The van der Waals surface area contributed by atoms with E-state index >= 15 is 0 Å². The molecule has 0 aromatic heterocycles. The Labute approximate surface area is 77.0 Å². The van der Waals surface area contributed by atoms with Gasteiger partial charge in [-0.05, 0) is 12.2 Å². The third-order valence-electron chi connectivity index (χ3n) is 2.90. The molecule has 2 heterocycles. The molecule has 1 spiro atoms. The van der Waals surface area contributed by atoms with E-state index in [0.717, 1.165) is 12.2 Å². The van der Waals surface area contributed by atoms with Crippen molar-refractivity contribution < 1.29 is 9.53 Å². The van der Waals surface area contributed by atoms with E-state index in [-0.39, 0.29) is 5.60 Å². The molecule has 12 heavy (non-hydrogen) atoms. The van der Waals surface area contributed by atoms with E-state index in [1.165, 1.54) is 0 Å². The first-order chi connectivity index (χ1) is 5.73. The van der Waals surface area contributed by atoms with Crippen LogP contribution in [0.1, 0.15) is 26.2 Å². The van der Waals surface area contributed by atoms with Gasteiger partial charge in [0.2, 0.25) is 0 Å². The standard InChI is InChI=1S/C9H14O2S/c1-7-9(3-5-12-7)6-8(10)2-4-11-9/h7H,2-6H2,1H3. The summed E-state index contributed by atoms with van der Waals surface area (Å²) in [7, 11) is 0. The summed E-state index contributed by atoms with van der Waals surface area (Å²) in [6, 6.07) is 0. The quantitative estimate of drug-likeness (QED) is 0.575. The number of ketones is 1. The molecular formula is C9H14O2S. The molecule has 0 N–H and O–H groups in total. The van der Waals surface area contributed by atoms with E-state index in [4.69, 9.17) is 4.74 Å². The van der Waals surface area contributed by atoms with Crippen LogP contribution < -0.4 is 0 Å². The fourth-order valence-electron chi connectivity index (χ4n) is 2.03. The van der Waals surface area contributed by atoms with Crippen molar-refractivity contribution in [2.24, 2.45) is 0 Å². The Morgan fingerprint density at radius 1 is 1.67 bits per heavy atom. The summed E-state index contributed by atoms with van der Waals surface area (Å²) in [6.45, 7) is 2.82. The first-order valence-corrected chi connectivity index (χ1v) is 5.55. The van der Waals surface area contributed by atoms with Gasteiger partial charge < -0.3 is 4.74 Å². The number of Topliss-reactive ketones (excluding diaryl/α,β-unsaturated/α-hetero) is 1. The van der Waals surface area contributed by atoms with Gasteiger partial charge in [0.1, 0.15) is 5.78 Å². The molecule has 2 fully saturated rings. The normalized spacial score (nSPS) is 42.4. The van der Waals surface area contributed by atoms with Crippen LogP contribution in [0.5, 0.6) is 0 Å². The first-order valence-electron chi connectivity index (χ1n) is 4.50. The lowest BCUT2D eigenvalue weighted by molar-refractivity contribution is -0.139. The van der Waals surface area contributed by atoms with Crippen LogP contribution in [0.3, 0.4) is 0 Å². The van der Waals surface area contributed by atoms with Crippen LogP contribution in [0.4, 0.5) is 0 Å². The molecule has 2 saturated heterocycles. The fourth-order valence-corrected chi connectivity index (χ4v) is 3.42. The van der Waals surface area contributed by atoms with Crippen LogP contribution in [0.15, 0.2) is 0 Å². The van der Waals surface area contributed by atoms with Crippen molar-refractivity contribution in [3.63, 3.8) is 0 Å². The number of carbonyl (C=O) groups excluding carboxylic acids is 1. The Balaban J connectivity index is 2.13. The maximum atomic E-state index is 11.3. The molecule has 0 aromatic rings. The Morgan fingerprint density at radius 2 is 2.50 bits per heavy atom. The van der Waals surface area contributed by atoms with E-state index in [0.29, 0.717) is 30.5 Å². The average Bonchev–Trinajstić information content (AvgIpc) is 2.33. The molecule has 68 valence electrons. The molecule has 2 aliphatic heterocycles. The van der Waals surface area contributed by atoms with Gasteiger partial charge in [0.25, 0.3) is 0 Å². The Morgan fingerprint density at radius 3 is 3.08 bits per heavy atom. The molecule has 0 saturated carbocycles. The van der Waals surface area contributed by atoms with E-state index in [1.807, 2.05) is 11.8 Å². The van der Waals surface area contributed by atoms with E-state index in [9.17, 15) is 4.79 Å². The van der Waals surface area contributed by atoms with Crippen molar-refractivity contribution in [3.8, 4) is 0 Å². The summed E-state index contributed by atoms with van der Waals surface area (Å²) >= 11 is 1.93. The van der Waals surface area contributed by atoms with Crippen LogP contribution in [-0.4, -0.2) is 29.0 Å². The summed E-state index contributed by atoms with van der Waals surface area (Å²) in [4.78, 5) is 11.3. The molecule has 0 aliphatic carbocycles. The molecule has 2 aliphatic rings. The second-order valence-electron chi connectivity index (χ2n) is 3.64.